The average Bonchev–Trinajstić information content (AvgIpc) is 2.88. The van der Waals surface area contributed by atoms with Crippen LogP contribution in [0.5, 0.6) is 0 Å². The van der Waals surface area contributed by atoms with Gasteiger partial charge in [0, 0.05) is 6.42 Å². The molecule has 0 amide bonds. The zero-order valence-electron chi connectivity index (χ0n) is 22.7. The van der Waals surface area contributed by atoms with Gasteiger partial charge in [-0.25, -0.2) is 0 Å². The highest BCUT2D eigenvalue weighted by atomic mass is 19.4. The van der Waals surface area contributed by atoms with Crippen LogP contribution in [0, 0.1) is 0 Å². The quantitative estimate of drug-likeness (QED) is 0.183. The molecule has 3 aromatic carbocycles. The third-order valence-corrected chi connectivity index (χ3v) is 6.55. The van der Waals surface area contributed by atoms with Crippen LogP contribution in [0.4, 0.5) is 79.0 Å². The van der Waals surface area contributed by atoms with Crippen molar-refractivity contribution in [2.45, 2.75) is 56.0 Å². The minimum atomic E-state index is -5.62. The van der Waals surface area contributed by atoms with Gasteiger partial charge in [0.2, 0.25) is 0 Å². The van der Waals surface area contributed by atoms with Crippen molar-refractivity contribution < 1.29 is 83.7 Å². The molecule has 3 aromatic rings. The molecule has 1 atom stereocenters. The molecule has 0 aliphatic rings. The van der Waals surface area contributed by atoms with Crippen molar-refractivity contribution in [3.05, 3.63) is 99.1 Å². The summed E-state index contributed by atoms with van der Waals surface area (Å²) in [4.78, 5) is 0. The first-order valence-corrected chi connectivity index (χ1v) is 12.3. The number of rotatable bonds is 6. The maximum Gasteiger partial charge on any atom is 0.416 e. The molecule has 0 fully saturated rings. The van der Waals surface area contributed by atoms with Gasteiger partial charge in [-0.05, 0) is 60.5 Å². The zero-order chi connectivity index (χ0) is 36.2. The van der Waals surface area contributed by atoms with E-state index in [0.29, 0.717) is 6.92 Å². The molecule has 0 heterocycles. The number of alkyl halides is 18. The summed E-state index contributed by atoms with van der Waals surface area (Å²) in [6, 6.07) is -1.32. The van der Waals surface area contributed by atoms with Gasteiger partial charge in [-0.2, -0.15) is 79.0 Å². The van der Waals surface area contributed by atoms with Crippen LogP contribution in [0.1, 0.15) is 51.4 Å². The summed E-state index contributed by atoms with van der Waals surface area (Å²) >= 11 is 0. The third-order valence-electron chi connectivity index (χ3n) is 6.55. The first kappa shape index (κ1) is 37.9. The fourth-order valence-electron chi connectivity index (χ4n) is 4.41. The number of hydrogen-bond acceptors (Lipinski definition) is 1. The first-order chi connectivity index (χ1) is 20.9. The monoisotopic (exact) mass is 707 g/mol. The molecule has 0 saturated heterocycles. The molecular weight excluding hydrogens is 693 g/mol. The van der Waals surface area contributed by atoms with Gasteiger partial charge in [-0.1, -0.05) is 17.6 Å². The Morgan fingerprint density at radius 3 is 1.26 bits per heavy atom. The Balaban J connectivity index is 2.36. The van der Waals surface area contributed by atoms with Crippen molar-refractivity contribution in [3.8, 4) is 0 Å². The van der Waals surface area contributed by atoms with Gasteiger partial charge >= 0.3 is 44.5 Å². The Bertz CT molecular complexity index is 1560. The van der Waals surface area contributed by atoms with Crippen LogP contribution in [0.25, 0.3) is 0 Å². The molecule has 1 nitrogen and oxygen atoms in total. The summed E-state index contributed by atoms with van der Waals surface area (Å²) < 4.78 is 250. The maximum absolute atomic E-state index is 14.0. The van der Waals surface area contributed by atoms with Gasteiger partial charge in [0.25, 0.3) is 0 Å². The summed E-state index contributed by atoms with van der Waals surface area (Å²) in [5.41, 5.74) is -19.2. The van der Waals surface area contributed by atoms with Crippen molar-refractivity contribution in [1.82, 2.24) is 0 Å². The molecule has 0 aliphatic carbocycles. The van der Waals surface area contributed by atoms with Crippen LogP contribution in [0.2, 0.25) is 0 Å². The van der Waals surface area contributed by atoms with E-state index in [4.69, 9.17) is 4.65 Å². The summed E-state index contributed by atoms with van der Waals surface area (Å²) in [6.45, 7) is 0.368. The van der Waals surface area contributed by atoms with Crippen LogP contribution in [0.3, 0.4) is 0 Å². The predicted octanol–water partition coefficient (Wildman–Crippen LogP) is 10.2. The molecule has 0 spiro atoms. The molecule has 0 aliphatic heterocycles. The lowest BCUT2D eigenvalue weighted by atomic mass is 9.78. The average molecular weight is 707 g/mol. The lowest BCUT2D eigenvalue weighted by Crippen LogP contribution is -2.37. The van der Waals surface area contributed by atoms with Gasteiger partial charge in [0.05, 0.1) is 39.0 Å². The molecule has 3 rings (SSSR count). The summed E-state index contributed by atoms with van der Waals surface area (Å²) in [5.74, 6) is 0. The number of halogens is 18. The van der Waals surface area contributed by atoms with Gasteiger partial charge in [-0.15, -0.1) is 0 Å². The van der Waals surface area contributed by atoms with Crippen LogP contribution < -0.4 is 5.46 Å². The summed E-state index contributed by atoms with van der Waals surface area (Å²) in [7, 11) is -0.0915. The Kier molecular flexibility index (Phi) is 9.79. The first-order valence-electron chi connectivity index (χ1n) is 12.3. The Hall–Kier alpha value is -3.58. The fourth-order valence-corrected chi connectivity index (χ4v) is 4.41. The lowest BCUT2D eigenvalue weighted by Gasteiger charge is -2.35. The Morgan fingerprint density at radius 2 is 0.851 bits per heavy atom. The molecule has 0 aromatic heterocycles. The van der Waals surface area contributed by atoms with Crippen molar-refractivity contribution in [3.63, 3.8) is 0 Å². The van der Waals surface area contributed by atoms with E-state index in [1.165, 1.54) is 0 Å². The molecule has 1 radical (unpaired) electrons. The van der Waals surface area contributed by atoms with Gasteiger partial charge < -0.3 is 4.65 Å². The summed E-state index contributed by atoms with van der Waals surface area (Å²) in [6.07, 6.45) is -34.6. The zero-order valence-corrected chi connectivity index (χ0v) is 22.7. The predicted molar refractivity (Wildman–Crippen MR) is 127 cm³/mol. The third kappa shape index (κ3) is 9.07. The minimum absolute atomic E-state index is 0.0299. The molecule has 20 heteroatoms. The van der Waals surface area contributed by atoms with E-state index in [2.05, 4.69) is 0 Å². The van der Waals surface area contributed by atoms with E-state index in [1.54, 1.807) is 0 Å². The van der Waals surface area contributed by atoms with Crippen molar-refractivity contribution in [2.75, 3.05) is 0 Å². The molecule has 0 N–H and O–H groups in total. The molecule has 0 bridgehead atoms. The van der Waals surface area contributed by atoms with Gasteiger partial charge in [0.15, 0.2) is 0 Å². The van der Waals surface area contributed by atoms with Crippen molar-refractivity contribution in [1.29, 1.82) is 0 Å². The molecule has 0 saturated carbocycles. The Morgan fingerprint density at radius 1 is 0.447 bits per heavy atom. The van der Waals surface area contributed by atoms with Crippen molar-refractivity contribution in [2.24, 2.45) is 0 Å². The topological polar surface area (TPSA) is 9.23 Å². The minimum Gasteiger partial charge on any atom is -0.425 e. The standard InChI is InChI=1S/C27H14BF18O/c1-21(20-10-14(23(32,33)34)3-5-19(20)27(44,45)46,11-12-6-13(22(29,30)31)2-4-18(12)26(41,42)43)47-28-17-8-15(24(35,36)37)7-16(9-17)25(38,39)40/h2-10H,11H2,1H3. The molecule has 257 valence electrons. The lowest BCUT2D eigenvalue weighted by molar-refractivity contribution is -0.144. The van der Waals surface area contributed by atoms with Gasteiger partial charge in [-0.3, -0.25) is 0 Å². The van der Waals surface area contributed by atoms with Gasteiger partial charge in [0.1, 0.15) is 0 Å². The summed E-state index contributed by atoms with van der Waals surface area (Å²) in [5, 5.41) is 0. The van der Waals surface area contributed by atoms with E-state index in [1.807, 2.05) is 0 Å². The smallest absolute Gasteiger partial charge is 0.416 e. The highest BCUT2D eigenvalue weighted by Gasteiger charge is 2.45. The second-order valence-electron chi connectivity index (χ2n) is 10.1. The van der Waals surface area contributed by atoms with Crippen molar-refractivity contribution >= 4 is 12.9 Å². The van der Waals surface area contributed by atoms with Crippen LogP contribution in [-0.2, 0) is 53.7 Å². The SMILES string of the molecule is CC(Cc1cc(C(F)(F)F)ccc1C(F)(F)F)(O[B]c1cc(C(F)(F)F)cc(C(F)(F)F)c1)c1cc(C(F)(F)F)ccc1C(F)(F)F. The van der Waals surface area contributed by atoms with Crippen LogP contribution in [-0.4, -0.2) is 7.48 Å². The normalized spacial score (nSPS) is 15.0. The second kappa shape index (κ2) is 12.1. The molecule has 47 heavy (non-hydrogen) atoms. The highest BCUT2D eigenvalue weighted by molar-refractivity contribution is 6.47. The second-order valence-corrected chi connectivity index (χ2v) is 10.1. The molecular formula is C27H14BF18O. The van der Waals surface area contributed by atoms with E-state index in [-0.39, 0.29) is 62.1 Å². The maximum atomic E-state index is 14.0. The Labute approximate surface area is 252 Å². The van der Waals surface area contributed by atoms with E-state index in [9.17, 15) is 79.0 Å². The van der Waals surface area contributed by atoms with Crippen LogP contribution >= 0.6 is 0 Å². The van der Waals surface area contributed by atoms with Crippen LogP contribution in [0.15, 0.2) is 54.6 Å². The highest BCUT2D eigenvalue weighted by Crippen LogP contribution is 2.45. The van der Waals surface area contributed by atoms with E-state index < -0.39 is 99.1 Å². The van der Waals surface area contributed by atoms with E-state index in [0.717, 1.165) is 0 Å². The largest absolute Gasteiger partial charge is 0.425 e. The van der Waals surface area contributed by atoms with E-state index >= 15 is 0 Å². The fraction of sp³-hybridized carbons (Fsp3) is 0.333. The number of benzene rings is 3. The number of hydrogen-bond donors (Lipinski definition) is 0. The molecule has 1 unspecified atom stereocenters.